The van der Waals surface area contributed by atoms with Crippen LogP contribution >= 0.6 is 11.6 Å². The lowest BCUT2D eigenvalue weighted by atomic mass is 10.0. The maximum absolute atomic E-state index is 11.5. The third-order valence-electron chi connectivity index (χ3n) is 2.95. The number of rotatable bonds is 3. The van der Waals surface area contributed by atoms with E-state index in [-0.39, 0.29) is 17.5 Å². The maximum atomic E-state index is 11.5. The molecule has 0 radical (unpaired) electrons. The molecule has 0 fully saturated rings. The minimum atomic E-state index is -0.163. The molecule has 94 valence electrons. The van der Waals surface area contributed by atoms with Gasteiger partial charge in [-0.2, -0.15) is 0 Å². The number of phenolic OH excluding ortho intramolecular Hbond substituents is 1. The number of alkyl halides is 1. The Bertz CT molecular complexity index is 583. The Hall–Kier alpha value is -1.74. The number of aromatic hydroxyl groups is 1. The molecule has 0 spiro atoms. The molecule has 18 heavy (non-hydrogen) atoms. The average Bonchev–Trinajstić information content (AvgIpc) is 2.41. The summed E-state index contributed by atoms with van der Waals surface area (Å²) in [6.45, 7) is 0.346. The predicted octanol–water partition coefficient (Wildman–Crippen LogP) is 2.74. The fraction of sp³-hybridized carbons (Fsp3) is 0.214. The minimum Gasteiger partial charge on any atom is -0.508 e. The van der Waals surface area contributed by atoms with Gasteiger partial charge in [0.2, 0.25) is 5.91 Å². The topological polar surface area (TPSA) is 40.5 Å². The van der Waals surface area contributed by atoms with Crippen LogP contribution in [0, 0.1) is 0 Å². The molecule has 2 aromatic carbocycles. The molecule has 0 aliphatic heterocycles. The first-order valence-electron chi connectivity index (χ1n) is 5.63. The van der Waals surface area contributed by atoms with E-state index in [1.165, 1.54) is 4.90 Å². The lowest BCUT2D eigenvalue weighted by Gasteiger charge is -2.18. The Balaban J connectivity index is 2.43. The minimum absolute atomic E-state index is 0.0535. The molecule has 0 aliphatic rings. The van der Waals surface area contributed by atoms with Crippen molar-refractivity contribution in [3.63, 3.8) is 0 Å². The zero-order chi connectivity index (χ0) is 13.1. The monoisotopic (exact) mass is 263 g/mol. The van der Waals surface area contributed by atoms with E-state index in [0.717, 1.165) is 16.3 Å². The molecular weight excluding hydrogens is 250 g/mol. The van der Waals surface area contributed by atoms with Crippen molar-refractivity contribution < 1.29 is 9.90 Å². The van der Waals surface area contributed by atoms with Crippen molar-refractivity contribution >= 4 is 28.3 Å². The normalized spacial score (nSPS) is 10.6. The van der Waals surface area contributed by atoms with Gasteiger partial charge in [0.1, 0.15) is 11.6 Å². The fourth-order valence-corrected chi connectivity index (χ4v) is 2.12. The second-order valence-electron chi connectivity index (χ2n) is 4.17. The predicted molar refractivity (Wildman–Crippen MR) is 72.8 cm³/mol. The van der Waals surface area contributed by atoms with Gasteiger partial charge in [-0.25, -0.2) is 0 Å². The van der Waals surface area contributed by atoms with Crippen LogP contribution in [0.5, 0.6) is 5.75 Å². The Morgan fingerprint density at radius 2 is 2.00 bits per heavy atom. The number of hydrogen-bond acceptors (Lipinski definition) is 2. The number of benzene rings is 2. The van der Waals surface area contributed by atoms with Gasteiger partial charge in [-0.05, 0) is 16.8 Å². The van der Waals surface area contributed by atoms with Gasteiger partial charge < -0.3 is 10.0 Å². The van der Waals surface area contributed by atoms with Crippen LogP contribution in [-0.2, 0) is 11.3 Å². The van der Waals surface area contributed by atoms with E-state index in [9.17, 15) is 9.90 Å². The standard InChI is InChI=1S/C14H14ClNO2/c1-16(14(18)8-15)9-12-11-5-3-2-4-10(11)6-7-13(12)17/h2-7,17H,8-9H2,1H3. The van der Waals surface area contributed by atoms with Gasteiger partial charge in [0.25, 0.3) is 0 Å². The Morgan fingerprint density at radius 1 is 1.28 bits per heavy atom. The molecule has 0 aromatic heterocycles. The third-order valence-corrected chi connectivity index (χ3v) is 3.18. The summed E-state index contributed by atoms with van der Waals surface area (Å²) in [6.07, 6.45) is 0. The van der Waals surface area contributed by atoms with Gasteiger partial charge in [-0.3, -0.25) is 4.79 Å². The van der Waals surface area contributed by atoms with Gasteiger partial charge in [-0.1, -0.05) is 30.3 Å². The summed E-state index contributed by atoms with van der Waals surface area (Å²) in [5.41, 5.74) is 0.745. The van der Waals surface area contributed by atoms with Crippen molar-refractivity contribution in [2.45, 2.75) is 6.54 Å². The number of halogens is 1. The molecule has 0 unspecified atom stereocenters. The molecule has 0 saturated carbocycles. The van der Waals surface area contributed by atoms with Gasteiger partial charge in [0, 0.05) is 19.2 Å². The van der Waals surface area contributed by atoms with Crippen molar-refractivity contribution in [2.24, 2.45) is 0 Å². The van der Waals surface area contributed by atoms with Crippen LogP contribution in [0.25, 0.3) is 10.8 Å². The van der Waals surface area contributed by atoms with Crippen molar-refractivity contribution in [1.29, 1.82) is 0 Å². The first kappa shape index (κ1) is 12.7. The summed E-state index contributed by atoms with van der Waals surface area (Å²) in [5.74, 6) is -0.0194. The number of carbonyl (C=O) groups excluding carboxylic acids is 1. The van der Waals surface area contributed by atoms with Crippen molar-refractivity contribution in [3.05, 3.63) is 42.0 Å². The molecule has 0 saturated heterocycles. The SMILES string of the molecule is CN(Cc1c(O)ccc2ccccc12)C(=O)CCl. The molecule has 3 nitrogen and oxygen atoms in total. The Labute approximate surface area is 111 Å². The molecule has 2 aromatic rings. The molecule has 0 bridgehead atoms. The zero-order valence-corrected chi connectivity index (χ0v) is 10.8. The van der Waals surface area contributed by atoms with Crippen LogP contribution in [0.1, 0.15) is 5.56 Å². The summed E-state index contributed by atoms with van der Waals surface area (Å²) >= 11 is 5.52. The molecule has 0 aliphatic carbocycles. The number of carbonyl (C=O) groups is 1. The van der Waals surface area contributed by atoms with Gasteiger partial charge in [0.05, 0.1) is 0 Å². The molecule has 0 atom stereocenters. The van der Waals surface area contributed by atoms with Crippen molar-refractivity contribution in [2.75, 3.05) is 12.9 Å². The Kier molecular flexibility index (Phi) is 3.72. The highest BCUT2D eigenvalue weighted by Gasteiger charge is 2.12. The summed E-state index contributed by atoms with van der Waals surface area (Å²) in [7, 11) is 1.67. The number of amides is 1. The van der Waals surface area contributed by atoms with E-state index in [2.05, 4.69) is 0 Å². The lowest BCUT2D eigenvalue weighted by molar-refractivity contribution is -0.127. The van der Waals surface area contributed by atoms with E-state index >= 15 is 0 Å². The first-order chi connectivity index (χ1) is 8.63. The van der Waals surface area contributed by atoms with Gasteiger partial charge >= 0.3 is 0 Å². The highest BCUT2D eigenvalue weighted by Crippen LogP contribution is 2.28. The quantitative estimate of drug-likeness (QED) is 0.865. The second-order valence-corrected chi connectivity index (χ2v) is 4.44. The third kappa shape index (κ3) is 2.41. The highest BCUT2D eigenvalue weighted by atomic mass is 35.5. The fourth-order valence-electron chi connectivity index (χ4n) is 1.92. The number of hydrogen-bond donors (Lipinski definition) is 1. The maximum Gasteiger partial charge on any atom is 0.237 e. The largest absolute Gasteiger partial charge is 0.508 e. The molecule has 1 amide bonds. The smallest absolute Gasteiger partial charge is 0.237 e. The number of fused-ring (bicyclic) bond motifs is 1. The van der Waals surface area contributed by atoms with Crippen LogP contribution < -0.4 is 0 Å². The summed E-state index contributed by atoms with van der Waals surface area (Å²) in [4.78, 5) is 13.0. The van der Waals surface area contributed by atoms with E-state index < -0.39 is 0 Å². The number of nitrogens with zero attached hydrogens (tertiary/aromatic N) is 1. The summed E-state index contributed by atoms with van der Waals surface area (Å²) < 4.78 is 0. The number of phenols is 1. The van der Waals surface area contributed by atoms with Crippen LogP contribution in [0.2, 0.25) is 0 Å². The lowest BCUT2D eigenvalue weighted by Crippen LogP contribution is -2.27. The summed E-state index contributed by atoms with van der Waals surface area (Å²) in [5, 5.41) is 11.9. The van der Waals surface area contributed by atoms with Crippen LogP contribution in [-0.4, -0.2) is 28.8 Å². The summed E-state index contributed by atoms with van der Waals surface area (Å²) in [6, 6.07) is 11.3. The molecule has 4 heteroatoms. The van der Waals surface area contributed by atoms with Crippen LogP contribution in [0.4, 0.5) is 0 Å². The molecule has 2 rings (SSSR count). The van der Waals surface area contributed by atoms with Crippen molar-refractivity contribution in [3.8, 4) is 5.75 Å². The van der Waals surface area contributed by atoms with E-state index in [1.54, 1.807) is 13.1 Å². The van der Waals surface area contributed by atoms with E-state index in [4.69, 9.17) is 11.6 Å². The van der Waals surface area contributed by atoms with Gasteiger partial charge in [0.15, 0.2) is 0 Å². The molecule has 1 N–H and O–H groups in total. The van der Waals surface area contributed by atoms with E-state index in [0.29, 0.717) is 6.54 Å². The van der Waals surface area contributed by atoms with Crippen LogP contribution in [0.3, 0.4) is 0 Å². The van der Waals surface area contributed by atoms with Crippen molar-refractivity contribution in [1.82, 2.24) is 4.90 Å². The van der Waals surface area contributed by atoms with E-state index in [1.807, 2.05) is 30.3 Å². The Morgan fingerprint density at radius 3 is 2.72 bits per heavy atom. The zero-order valence-electron chi connectivity index (χ0n) is 10.1. The van der Waals surface area contributed by atoms with Crippen LogP contribution in [0.15, 0.2) is 36.4 Å². The average molecular weight is 264 g/mol. The molecule has 0 heterocycles. The second kappa shape index (κ2) is 5.27. The van der Waals surface area contributed by atoms with Gasteiger partial charge in [-0.15, -0.1) is 11.6 Å². The molecular formula is C14H14ClNO2. The first-order valence-corrected chi connectivity index (χ1v) is 6.16. The highest BCUT2D eigenvalue weighted by molar-refractivity contribution is 6.27.